The van der Waals surface area contributed by atoms with Gasteiger partial charge in [0.25, 0.3) is 5.91 Å². The molecule has 0 saturated carbocycles. The number of alkyl halides is 1. The number of amides is 1. The van der Waals surface area contributed by atoms with Crippen LogP contribution in [0.15, 0.2) is 82.3 Å². The van der Waals surface area contributed by atoms with Crippen molar-refractivity contribution in [3.8, 4) is 23.0 Å². The van der Waals surface area contributed by atoms with Gasteiger partial charge in [-0.2, -0.15) is 0 Å². The van der Waals surface area contributed by atoms with Gasteiger partial charge < -0.3 is 23.8 Å². The molecule has 0 bridgehead atoms. The zero-order valence-electron chi connectivity index (χ0n) is 23.8. The lowest BCUT2D eigenvalue weighted by Gasteiger charge is -2.30. The molecule has 1 amide bonds. The first-order chi connectivity index (χ1) is 20.8. The van der Waals surface area contributed by atoms with E-state index in [1.807, 2.05) is 42.5 Å². The third-order valence-corrected chi connectivity index (χ3v) is 8.17. The van der Waals surface area contributed by atoms with Crippen molar-refractivity contribution in [1.29, 1.82) is 0 Å². The highest BCUT2D eigenvalue weighted by atomic mass is 79.9. The zero-order chi connectivity index (χ0) is 30.8. The van der Waals surface area contributed by atoms with Gasteiger partial charge in [0.1, 0.15) is 29.6 Å². The van der Waals surface area contributed by atoms with Crippen LogP contribution in [0.4, 0.5) is 5.69 Å². The van der Waals surface area contributed by atoms with E-state index in [0.29, 0.717) is 30.2 Å². The van der Waals surface area contributed by atoms with Gasteiger partial charge in [0, 0.05) is 54.2 Å². The summed E-state index contributed by atoms with van der Waals surface area (Å²) < 4.78 is 22.8. The third-order valence-electron chi connectivity index (χ3n) is 6.28. The van der Waals surface area contributed by atoms with Crippen LogP contribution in [-0.2, 0) is 27.9 Å². The van der Waals surface area contributed by atoms with E-state index in [-0.39, 0.29) is 41.9 Å². The molecule has 0 N–H and O–H groups in total. The molecule has 9 nitrogen and oxygen atoms in total. The van der Waals surface area contributed by atoms with Crippen LogP contribution >= 0.6 is 64.8 Å². The number of hydrogen-bond acceptors (Lipinski definition) is 8. The van der Waals surface area contributed by atoms with Gasteiger partial charge in [0.2, 0.25) is 0 Å². The van der Waals surface area contributed by atoms with Crippen LogP contribution in [-0.4, -0.2) is 49.1 Å². The first-order valence-electron chi connectivity index (χ1n) is 13.0. The van der Waals surface area contributed by atoms with E-state index in [1.165, 1.54) is 5.56 Å². The molecule has 44 heavy (non-hydrogen) atoms. The van der Waals surface area contributed by atoms with Crippen LogP contribution in [0.5, 0.6) is 23.0 Å². The predicted octanol–water partition coefficient (Wildman–Crippen LogP) is 7.29. The maximum Gasteiger partial charge on any atom is 0.265 e. The Balaban J connectivity index is 0.000000198. The number of methoxy groups -OCH3 is 2. The lowest BCUT2D eigenvalue weighted by Crippen LogP contribution is -2.38. The number of rotatable bonds is 5. The molecule has 2 aliphatic heterocycles. The van der Waals surface area contributed by atoms with Gasteiger partial charge in [-0.25, -0.2) is 0 Å². The molecule has 13 heteroatoms. The Morgan fingerprint density at radius 2 is 1.34 bits per heavy atom. The maximum atomic E-state index is 12.2. The van der Waals surface area contributed by atoms with Gasteiger partial charge in [-0.3, -0.25) is 19.6 Å². The van der Waals surface area contributed by atoms with Gasteiger partial charge in [-0.1, -0.05) is 15.9 Å². The van der Waals surface area contributed by atoms with E-state index in [4.69, 9.17) is 18.9 Å². The number of carbonyl (C=O) groups is 2. The van der Waals surface area contributed by atoms with Gasteiger partial charge in [-0.05, 0) is 79.4 Å². The average Bonchev–Trinajstić information content (AvgIpc) is 3.03. The van der Waals surface area contributed by atoms with E-state index in [1.54, 1.807) is 50.0 Å². The number of Topliss-reactive ketones (excluding diaryl/α,β-unsaturated/α-hetero) is 1. The lowest BCUT2D eigenvalue weighted by molar-refractivity contribution is -0.122. The summed E-state index contributed by atoms with van der Waals surface area (Å²) in [4.78, 5) is 32.9. The van der Waals surface area contributed by atoms with Crippen LogP contribution in [0.2, 0.25) is 0 Å². The Bertz CT molecular complexity index is 1560. The standard InChI is InChI=1S/C15H13BrN2O3.C10H9BrO3.C6H6BrN.BrH/c1-20-13-7-12-14(6-11(13)16)21-9-15(19)18(12)8-10-2-4-17-5-3-10;1-13-10-3-6-2-7(12)5-14-9(6)4-8(10)11;7-5-6-1-3-8-4-2-6;/h2-7H,8-9H2,1H3;3-4H,2,5H2,1H3;1-4H,5H2;1H. The average molecular weight is 859 g/mol. The fourth-order valence-electron chi connectivity index (χ4n) is 4.10. The molecule has 0 aliphatic carbocycles. The Hall–Kier alpha value is -3.00. The number of ketones is 1. The van der Waals surface area contributed by atoms with Gasteiger partial charge in [-0.15, -0.1) is 17.0 Å². The molecule has 4 aromatic rings. The summed E-state index contributed by atoms with van der Waals surface area (Å²) in [5.41, 5.74) is 3.87. The van der Waals surface area contributed by atoms with E-state index in [2.05, 4.69) is 57.8 Å². The number of hydrogen-bond donors (Lipinski definition) is 0. The van der Waals surface area contributed by atoms with E-state index in [9.17, 15) is 9.59 Å². The summed E-state index contributed by atoms with van der Waals surface area (Å²) in [7, 11) is 3.18. The second kappa shape index (κ2) is 17.5. The van der Waals surface area contributed by atoms with Crippen molar-refractivity contribution in [2.75, 3.05) is 32.3 Å². The number of carbonyl (C=O) groups excluding carboxylic acids is 2. The molecule has 0 fully saturated rings. The topological polar surface area (TPSA) is 100 Å². The first kappa shape index (κ1) is 35.5. The van der Waals surface area contributed by atoms with Gasteiger partial charge in [0.15, 0.2) is 12.4 Å². The number of halogens is 4. The van der Waals surface area contributed by atoms with Crippen molar-refractivity contribution in [3.05, 3.63) is 99.0 Å². The fourth-order valence-corrected chi connectivity index (χ4v) is 5.45. The number of ether oxygens (including phenoxy) is 4. The second-order valence-electron chi connectivity index (χ2n) is 9.17. The normalized spacial score (nSPS) is 12.8. The molecule has 0 unspecified atom stereocenters. The molecule has 2 aromatic heterocycles. The first-order valence-corrected chi connectivity index (χ1v) is 15.7. The Morgan fingerprint density at radius 1 is 0.795 bits per heavy atom. The SMILES string of the molecule is Br.BrCc1ccncc1.COc1cc2c(cc1Br)OCC(=O)C2.COc1cc2c(cc1Br)OCC(=O)N2Cc1ccncc1. The minimum atomic E-state index is -0.0799. The molecule has 0 spiro atoms. The van der Waals surface area contributed by atoms with Crippen molar-refractivity contribution in [3.63, 3.8) is 0 Å². The molecule has 4 heterocycles. The lowest BCUT2D eigenvalue weighted by atomic mass is 10.1. The summed E-state index contributed by atoms with van der Waals surface area (Å²) in [6.07, 6.45) is 7.43. The van der Waals surface area contributed by atoms with E-state index >= 15 is 0 Å². The Labute approximate surface area is 291 Å². The second-order valence-corrected chi connectivity index (χ2v) is 11.4. The third kappa shape index (κ3) is 9.50. The predicted molar refractivity (Wildman–Crippen MR) is 184 cm³/mol. The highest BCUT2D eigenvalue weighted by molar-refractivity contribution is 9.11. The molecule has 0 saturated heterocycles. The highest BCUT2D eigenvalue weighted by Crippen LogP contribution is 2.41. The van der Waals surface area contributed by atoms with Crippen LogP contribution in [0.3, 0.4) is 0 Å². The molecule has 2 aliphatic rings. The molecule has 0 atom stereocenters. The van der Waals surface area contributed by atoms with Crippen molar-refractivity contribution in [2.24, 2.45) is 0 Å². The van der Waals surface area contributed by atoms with Crippen LogP contribution in [0.1, 0.15) is 16.7 Å². The molecule has 232 valence electrons. The van der Waals surface area contributed by atoms with E-state index < -0.39 is 0 Å². The van der Waals surface area contributed by atoms with Crippen molar-refractivity contribution >= 4 is 82.1 Å². The molecular weight excluding hydrogens is 830 g/mol. The van der Waals surface area contributed by atoms with Crippen LogP contribution in [0.25, 0.3) is 0 Å². The Kier molecular flexibility index (Phi) is 14.1. The number of benzene rings is 2. The molecule has 6 rings (SSSR count). The monoisotopic (exact) mass is 855 g/mol. The zero-order valence-corrected chi connectivity index (χ0v) is 30.3. The maximum absolute atomic E-state index is 12.2. The largest absolute Gasteiger partial charge is 0.496 e. The summed E-state index contributed by atoms with van der Waals surface area (Å²) in [6.45, 7) is 0.686. The van der Waals surface area contributed by atoms with Gasteiger partial charge in [0.05, 0.1) is 35.4 Å². The number of aromatic nitrogens is 2. The smallest absolute Gasteiger partial charge is 0.265 e. The summed E-state index contributed by atoms with van der Waals surface area (Å²) in [5.74, 6) is 2.83. The van der Waals surface area contributed by atoms with Crippen molar-refractivity contribution < 1.29 is 28.5 Å². The molecule has 0 radical (unpaired) electrons. The van der Waals surface area contributed by atoms with Gasteiger partial charge >= 0.3 is 0 Å². The number of fused-ring (bicyclic) bond motifs is 2. The quantitative estimate of drug-likeness (QED) is 0.193. The minimum Gasteiger partial charge on any atom is -0.496 e. The fraction of sp³-hybridized carbons (Fsp3) is 0.226. The summed E-state index contributed by atoms with van der Waals surface area (Å²) >= 11 is 10.1. The molecule has 2 aromatic carbocycles. The number of anilines is 1. The Morgan fingerprint density at radius 3 is 1.91 bits per heavy atom. The van der Waals surface area contributed by atoms with Crippen molar-refractivity contribution in [2.45, 2.75) is 18.3 Å². The molecular formula is C31H29Br4N3O6. The van der Waals surface area contributed by atoms with Crippen molar-refractivity contribution in [1.82, 2.24) is 9.97 Å². The summed E-state index contributed by atoms with van der Waals surface area (Å²) in [6, 6.07) is 15.0. The minimum absolute atomic E-state index is 0. The summed E-state index contributed by atoms with van der Waals surface area (Å²) in [5, 5.41) is 0.912. The van der Waals surface area contributed by atoms with E-state index in [0.717, 1.165) is 36.9 Å². The number of pyridine rings is 2. The van der Waals surface area contributed by atoms with Crippen LogP contribution in [0, 0.1) is 0 Å². The highest BCUT2D eigenvalue weighted by Gasteiger charge is 2.27. The number of nitrogens with zero attached hydrogens (tertiary/aromatic N) is 3. The van der Waals surface area contributed by atoms with Crippen LogP contribution < -0.4 is 23.8 Å².